The number of hydrogen-bond acceptors (Lipinski definition) is 21. The number of hydrogen-bond donors (Lipinski definition) is 6. The molecular formula is C95H117BI4N10O13S2. The SMILES string of the molecule is C.C.C.C.CC(C)(C)OC(=O)CCCc1ccccc1-c1cccnc1.CC(C)(C)OC(=O)CCCc1ccccc1I.CCOC(=O)C1=NS(=O)(=O)c2ccccc2N1.II.NCCc1ccccc1-c1cccnc1.NCCc1ccccc1I.O=C(CCCc1ccccc1-c1cccnc1)C1=NS(=O)(=O)c2ccccc2N1.OB(O)c1cccnc1. The molecule has 0 saturated carbocycles. The lowest BCUT2D eigenvalue weighted by Crippen LogP contribution is -2.30. The van der Waals surface area contributed by atoms with Crippen LogP contribution in [-0.2, 0) is 85.5 Å². The molecule has 2 aliphatic heterocycles. The van der Waals surface area contributed by atoms with Gasteiger partial charge in [-0.3, -0.25) is 34.3 Å². The van der Waals surface area contributed by atoms with Gasteiger partial charge in [-0.25, -0.2) is 4.79 Å². The number of para-hydroxylation sites is 2. The van der Waals surface area contributed by atoms with Gasteiger partial charge in [0.25, 0.3) is 20.0 Å². The Bertz CT molecular complexity index is 5370. The molecule has 0 unspecified atom stereocenters. The number of aromatic nitrogens is 4. The summed E-state index contributed by atoms with van der Waals surface area (Å²) in [5.41, 5.74) is 24.4. The van der Waals surface area contributed by atoms with Crippen molar-refractivity contribution in [3.05, 3.63) is 303 Å². The van der Waals surface area contributed by atoms with Crippen molar-refractivity contribution < 1.29 is 60.3 Å². The normalized spacial score (nSPS) is 11.8. The van der Waals surface area contributed by atoms with E-state index in [4.69, 9.17) is 35.7 Å². The van der Waals surface area contributed by atoms with E-state index in [0.717, 1.165) is 72.9 Å². The third kappa shape index (κ3) is 40.2. The molecule has 668 valence electrons. The van der Waals surface area contributed by atoms with Crippen molar-refractivity contribution >= 4 is 162 Å². The number of Topliss-reactive ketones (excluding diaryl/α,β-unsaturated/α-hetero) is 1. The molecule has 4 aromatic heterocycles. The first-order valence-corrected chi connectivity index (χ1v) is 50.1. The number of sulfonamides is 2. The Labute approximate surface area is 791 Å². The molecule has 6 heterocycles. The number of esters is 3. The fraction of sp³-hybridized carbons (Fsp3) is 0.284. The van der Waals surface area contributed by atoms with Crippen molar-refractivity contribution in [3.8, 4) is 33.4 Å². The summed E-state index contributed by atoms with van der Waals surface area (Å²) in [7, 11) is -9.09. The highest BCUT2D eigenvalue weighted by molar-refractivity contribution is 15.0. The molecule has 8 N–H and O–H groups in total. The molecule has 0 spiro atoms. The topological polar surface area (TPSA) is 357 Å². The van der Waals surface area contributed by atoms with Crippen LogP contribution in [0.3, 0.4) is 0 Å². The number of nitrogens with one attached hydrogen (secondary N) is 2. The number of pyridine rings is 4. The zero-order chi connectivity index (χ0) is 88.2. The maximum atomic E-state index is 12.6. The zero-order valence-electron chi connectivity index (χ0n) is 68.4. The average molecular weight is 2190 g/mol. The summed E-state index contributed by atoms with van der Waals surface area (Å²) in [5, 5.41) is 22.6. The van der Waals surface area contributed by atoms with Crippen molar-refractivity contribution in [2.75, 3.05) is 30.3 Å². The third-order valence-corrected chi connectivity index (χ3v) is 21.8. The molecule has 0 fully saturated rings. The highest BCUT2D eigenvalue weighted by Crippen LogP contribution is 2.31. The van der Waals surface area contributed by atoms with Crippen molar-refractivity contribution in [2.24, 2.45) is 20.3 Å². The van der Waals surface area contributed by atoms with Gasteiger partial charge in [0.05, 0.1) is 18.0 Å². The van der Waals surface area contributed by atoms with E-state index in [2.05, 4.69) is 182 Å². The second-order valence-electron chi connectivity index (χ2n) is 28.6. The van der Waals surface area contributed by atoms with E-state index in [1.54, 1.807) is 80.2 Å². The maximum absolute atomic E-state index is 12.6. The van der Waals surface area contributed by atoms with Gasteiger partial charge in [0.2, 0.25) is 5.84 Å². The molecular weight excluding hydrogens is 2070 g/mol. The lowest BCUT2D eigenvalue weighted by Gasteiger charge is -2.19. The number of nitrogens with zero attached hydrogens (tertiary/aromatic N) is 6. The first-order valence-electron chi connectivity index (χ1n) is 38.8. The minimum atomic E-state index is -3.86. The highest BCUT2D eigenvalue weighted by atomic mass is 128. The number of benzene rings is 7. The molecule has 2 aliphatic rings. The number of nitrogens with two attached hydrogens (primary N) is 2. The predicted molar refractivity (Wildman–Crippen MR) is 543 cm³/mol. The van der Waals surface area contributed by atoms with Gasteiger partial charge in [-0.1, -0.05) is 187 Å². The van der Waals surface area contributed by atoms with Crippen LogP contribution in [-0.4, -0.2) is 120 Å². The summed E-state index contributed by atoms with van der Waals surface area (Å²) in [6.07, 6.45) is 21.5. The Kier molecular flexibility index (Phi) is 52.9. The smallest absolute Gasteiger partial charge is 0.460 e. The molecule has 0 radical (unpaired) electrons. The van der Waals surface area contributed by atoms with E-state index < -0.39 is 38.7 Å². The number of ether oxygens (including phenoxy) is 3. The van der Waals surface area contributed by atoms with Crippen LogP contribution < -0.4 is 27.6 Å². The molecule has 7 aromatic carbocycles. The fourth-order valence-corrected chi connectivity index (χ4v) is 15.2. The molecule has 23 nitrogen and oxygen atoms in total. The highest BCUT2D eigenvalue weighted by Gasteiger charge is 2.30. The number of rotatable bonds is 23. The number of anilines is 2. The summed E-state index contributed by atoms with van der Waals surface area (Å²) in [4.78, 5) is 63.6. The summed E-state index contributed by atoms with van der Waals surface area (Å²) < 4.78 is 73.0. The number of aryl methyl sites for hydroxylation is 3. The molecule has 0 atom stereocenters. The number of amidine groups is 2. The molecule has 11 aromatic rings. The van der Waals surface area contributed by atoms with Crippen LogP contribution >= 0.6 is 82.4 Å². The number of halogens is 4. The van der Waals surface area contributed by atoms with Crippen molar-refractivity contribution in [1.29, 1.82) is 0 Å². The summed E-state index contributed by atoms with van der Waals surface area (Å²) in [5.74, 6) is -1.78. The standard InChI is InChI=1S/C22H19N3O3S.C19H23NO2.C14H19IO2.C13H14N2.C10H10N2O4S.C8H10IN.C5H6BNO2.4CH4.I2/c26-20(22-24-19-11-3-4-13-21(19)29(27,28)25-22)12-5-8-16-7-1-2-10-18(16)17-9-6-14-23-15-17;1-19(2,3)22-18(21)12-6-9-15-8-4-5-11-17(15)16-10-7-13-20-14-16;1-14(2,3)17-13(16)10-6-8-11-7-4-5-9-12(11)15;14-8-7-11-4-1-2-6-13(11)12-5-3-9-15-10-12;1-2-16-10(13)9-11-7-5-3-4-6-8(7)17(14,15)12-9;9-8-4-2-1-3-7(8)5-6-10;8-6(9)5-2-1-3-7-4-5;;;;;1-2/h1-4,6-7,9-11,13-15H,5,8,12H2,(H,24,25);4-5,7-8,10-11,13-14H,6,9,12H2,1-3H3;4-5,7,9H,6,8,10H2,1-3H3;1-6,9-10H,7-8,14H2;3-6H,2H2,1H3,(H,11,12);1-4H,5-6,10H2;1-4,8-9H;4*1H4;. The van der Waals surface area contributed by atoms with E-state index in [9.17, 15) is 36.0 Å². The van der Waals surface area contributed by atoms with Crippen LogP contribution in [0.5, 0.6) is 0 Å². The average Bonchev–Trinajstić information content (AvgIpc) is 0.783. The lowest BCUT2D eigenvalue weighted by molar-refractivity contribution is -0.156. The van der Waals surface area contributed by atoms with E-state index in [0.29, 0.717) is 49.1 Å². The van der Waals surface area contributed by atoms with Gasteiger partial charge < -0.3 is 46.4 Å². The van der Waals surface area contributed by atoms with E-state index in [1.807, 2.05) is 157 Å². The summed E-state index contributed by atoms with van der Waals surface area (Å²) in [6.45, 7) is 14.6. The molecule has 125 heavy (non-hydrogen) atoms. The Balaban J connectivity index is 0.000000504. The van der Waals surface area contributed by atoms with Crippen LogP contribution in [0, 0.1) is 7.14 Å². The van der Waals surface area contributed by atoms with Crippen LogP contribution in [0.1, 0.15) is 145 Å². The predicted octanol–water partition coefficient (Wildman–Crippen LogP) is 20.1. The van der Waals surface area contributed by atoms with E-state index in [-0.39, 0.29) is 87.5 Å². The number of fused-ring (bicyclic) bond motifs is 2. The summed E-state index contributed by atoms with van der Waals surface area (Å²) in [6, 6.07) is 69.0. The molecule has 0 bridgehead atoms. The monoisotopic (exact) mass is 2190 g/mol. The van der Waals surface area contributed by atoms with Gasteiger partial charge in [-0.05, 0) is 263 Å². The quantitative estimate of drug-likeness (QED) is 0.0150. The molecule has 0 saturated heterocycles. The second kappa shape index (κ2) is 59.0. The van der Waals surface area contributed by atoms with Gasteiger partial charge in [-0.15, -0.1) is 8.80 Å². The number of carbonyl (C=O) groups is 4. The van der Waals surface area contributed by atoms with Gasteiger partial charge in [0.15, 0.2) is 11.6 Å². The molecule has 13 rings (SSSR count). The Morgan fingerprint density at radius 2 is 0.736 bits per heavy atom. The van der Waals surface area contributed by atoms with Crippen molar-refractivity contribution in [3.63, 3.8) is 0 Å². The first-order chi connectivity index (χ1) is 58.0. The van der Waals surface area contributed by atoms with E-state index >= 15 is 0 Å². The third-order valence-electron chi connectivity index (χ3n) is 17.0. The Morgan fingerprint density at radius 1 is 0.416 bits per heavy atom. The number of ketones is 1. The van der Waals surface area contributed by atoms with Crippen molar-refractivity contribution in [1.82, 2.24) is 19.9 Å². The largest absolute Gasteiger partial charge is 0.490 e. The fourth-order valence-electron chi connectivity index (χ4n) is 11.7. The Hall–Kier alpha value is -9.12. The lowest BCUT2D eigenvalue weighted by atomic mass is 9.82. The van der Waals surface area contributed by atoms with Crippen LogP contribution in [0.2, 0.25) is 0 Å². The minimum absolute atomic E-state index is 0. The second-order valence-corrected chi connectivity index (χ2v) is 34.0. The minimum Gasteiger partial charge on any atom is -0.460 e. The number of carbonyl (C=O) groups excluding carboxylic acids is 4. The maximum Gasteiger partial charge on any atom is 0.490 e. The summed E-state index contributed by atoms with van der Waals surface area (Å²) >= 11 is 8.89. The van der Waals surface area contributed by atoms with Gasteiger partial charge >= 0.3 is 25.0 Å². The van der Waals surface area contributed by atoms with Crippen molar-refractivity contribution in [2.45, 2.75) is 170 Å². The molecule has 0 amide bonds. The van der Waals surface area contributed by atoms with Gasteiger partial charge in [0, 0.05) is 135 Å². The van der Waals surface area contributed by atoms with Crippen LogP contribution in [0.25, 0.3) is 33.4 Å². The zero-order valence-corrected chi connectivity index (χ0v) is 78.7. The van der Waals surface area contributed by atoms with Gasteiger partial charge in [0.1, 0.15) is 21.0 Å². The van der Waals surface area contributed by atoms with Gasteiger partial charge in [-0.2, -0.15) is 16.8 Å². The first kappa shape index (κ1) is 112. The Morgan fingerprint density at radius 3 is 1.09 bits per heavy atom. The van der Waals surface area contributed by atoms with E-state index in [1.165, 1.54) is 58.9 Å². The van der Waals surface area contributed by atoms with Crippen LogP contribution in [0.4, 0.5) is 11.4 Å². The molecule has 30 heteroatoms. The molecule has 0 aliphatic carbocycles. The van der Waals surface area contributed by atoms with Crippen LogP contribution in [0.15, 0.2) is 287 Å².